The van der Waals surface area contributed by atoms with Crippen molar-refractivity contribution in [2.45, 2.75) is 13.8 Å². The number of rotatable bonds is 2. The number of hydrogen-bond donors (Lipinski definition) is 0. The van der Waals surface area contributed by atoms with Gasteiger partial charge in [-0.2, -0.15) is 0 Å². The Morgan fingerprint density at radius 1 is 1.14 bits per heavy atom. The van der Waals surface area contributed by atoms with E-state index in [1.807, 2.05) is 31.2 Å². The molecule has 2 aromatic carbocycles. The minimum absolute atomic E-state index is 0.345. The molecule has 3 nitrogen and oxygen atoms in total. The van der Waals surface area contributed by atoms with Crippen LogP contribution in [0.25, 0.3) is 21.9 Å². The van der Waals surface area contributed by atoms with Crippen molar-refractivity contribution in [3.05, 3.63) is 52.0 Å². The summed E-state index contributed by atoms with van der Waals surface area (Å²) in [5, 5.41) is 1.75. The van der Waals surface area contributed by atoms with Gasteiger partial charge in [-0.25, -0.2) is 4.79 Å². The lowest BCUT2D eigenvalue weighted by Crippen LogP contribution is -2.04. The van der Waals surface area contributed by atoms with Crippen LogP contribution >= 0.6 is 12.2 Å². The lowest BCUT2D eigenvalue weighted by Gasteiger charge is -2.06. The Morgan fingerprint density at radius 3 is 2.71 bits per heavy atom. The van der Waals surface area contributed by atoms with Crippen molar-refractivity contribution in [2.75, 3.05) is 6.61 Å². The van der Waals surface area contributed by atoms with Crippen molar-refractivity contribution in [1.82, 2.24) is 0 Å². The second kappa shape index (κ2) is 5.30. The second-order valence-electron chi connectivity index (χ2n) is 4.86. The van der Waals surface area contributed by atoms with Gasteiger partial charge in [0, 0.05) is 10.8 Å². The molecule has 3 rings (SSSR count). The predicted octanol–water partition coefficient (Wildman–Crippen LogP) is 4.80. The molecule has 4 heteroatoms. The molecular weight excluding hydrogens is 284 g/mol. The van der Waals surface area contributed by atoms with Gasteiger partial charge in [0.15, 0.2) is 0 Å². The highest BCUT2D eigenvalue weighted by Gasteiger charge is 2.10. The molecule has 21 heavy (non-hydrogen) atoms. The van der Waals surface area contributed by atoms with Crippen LogP contribution in [0.1, 0.15) is 22.8 Å². The molecule has 0 spiro atoms. The molecule has 0 aliphatic rings. The number of fused-ring (bicyclic) bond motifs is 2. The van der Waals surface area contributed by atoms with Crippen molar-refractivity contribution in [3.63, 3.8) is 0 Å². The molecule has 106 valence electrons. The van der Waals surface area contributed by atoms with E-state index in [4.69, 9.17) is 21.4 Å². The molecule has 1 aromatic heterocycles. The quantitative estimate of drug-likeness (QED) is 0.387. The summed E-state index contributed by atoms with van der Waals surface area (Å²) in [6.45, 7) is 4.14. The summed E-state index contributed by atoms with van der Waals surface area (Å²) in [6, 6.07) is 11.1. The first-order chi connectivity index (χ1) is 10.1. The van der Waals surface area contributed by atoms with Crippen molar-refractivity contribution in [2.24, 2.45) is 0 Å². The largest absolute Gasteiger partial charge is 0.462 e. The molecule has 0 saturated heterocycles. The highest BCUT2D eigenvalue weighted by molar-refractivity contribution is 7.72. The number of esters is 1. The summed E-state index contributed by atoms with van der Waals surface area (Å²) < 4.78 is 11.6. The van der Waals surface area contributed by atoms with E-state index in [0.29, 0.717) is 17.8 Å². The predicted molar refractivity (Wildman–Crippen MR) is 85.2 cm³/mol. The highest BCUT2D eigenvalue weighted by atomic mass is 32.1. The molecule has 3 aromatic rings. The van der Waals surface area contributed by atoms with Gasteiger partial charge in [-0.1, -0.05) is 23.8 Å². The van der Waals surface area contributed by atoms with Gasteiger partial charge < -0.3 is 9.15 Å². The zero-order valence-electron chi connectivity index (χ0n) is 11.8. The van der Waals surface area contributed by atoms with Crippen LogP contribution in [0.15, 0.2) is 40.8 Å². The van der Waals surface area contributed by atoms with Crippen LogP contribution in [0.5, 0.6) is 0 Å². The van der Waals surface area contributed by atoms with E-state index in [9.17, 15) is 4.79 Å². The molecule has 0 N–H and O–H groups in total. The van der Waals surface area contributed by atoms with Crippen LogP contribution in [0, 0.1) is 11.4 Å². The van der Waals surface area contributed by atoms with Crippen molar-refractivity contribution >= 4 is 40.1 Å². The molecule has 0 radical (unpaired) electrons. The molecule has 0 saturated carbocycles. The molecule has 0 bridgehead atoms. The highest BCUT2D eigenvalue weighted by Crippen LogP contribution is 2.27. The normalized spacial score (nSPS) is 11.0. The first kappa shape index (κ1) is 13.8. The topological polar surface area (TPSA) is 39.4 Å². The third-order valence-corrected chi connectivity index (χ3v) is 3.78. The van der Waals surface area contributed by atoms with E-state index >= 15 is 0 Å². The first-order valence-electron chi connectivity index (χ1n) is 6.74. The fourth-order valence-electron chi connectivity index (χ4n) is 2.31. The minimum Gasteiger partial charge on any atom is -0.462 e. The van der Waals surface area contributed by atoms with Crippen LogP contribution in [-0.4, -0.2) is 12.6 Å². The zero-order chi connectivity index (χ0) is 15.0. The Labute approximate surface area is 127 Å². The summed E-state index contributed by atoms with van der Waals surface area (Å²) in [5.74, 6) is -0.357. The van der Waals surface area contributed by atoms with Crippen molar-refractivity contribution < 1.29 is 13.9 Å². The lowest BCUT2D eigenvalue weighted by atomic mass is 10.1. The molecule has 0 atom stereocenters. The smallest absolute Gasteiger partial charge is 0.338 e. The summed E-state index contributed by atoms with van der Waals surface area (Å²) in [7, 11) is 0. The maximum atomic E-state index is 11.8. The van der Waals surface area contributed by atoms with Gasteiger partial charge in [-0.15, -0.1) is 0 Å². The van der Waals surface area contributed by atoms with Crippen LogP contribution in [0.4, 0.5) is 0 Å². The summed E-state index contributed by atoms with van der Waals surface area (Å²) >= 11 is 5.54. The molecular formula is C17H14O3S. The van der Waals surface area contributed by atoms with Crippen LogP contribution < -0.4 is 0 Å². The second-order valence-corrected chi connectivity index (χ2v) is 5.27. The maximum Gasteiger partial charge on any atom is 0.338 e. The Bertz CT molecular complexity index is 909. The molecule has 0 aliphatic carbocycles. The first-order valence-corrected chi connectivity index (χ1v) is 7.15. The van der Waals surface area contributed by atoms with Gasteiger partial charge in [0.1, 0.15) is 11.2 Å². The SMILES string of the molecule is CCOC(=O)c1ccc2c(=S)c3cc(C)ccc3oc2c1. The number of hydrogen-bond acceptors (Lipinski definition) is 4. The maximum absolute atomic E-state index is 11.8. The van der Waals surface area contributed by atoms with E-state index in [1.165, 1.54) is 0 Å². The lowest BCUT2D eigenvalue weighted by molar-refractivity contribution is 0.0526. The molecule has 0 unspecified atom stereocenters. The Balaban J connectivity index is 2.27. The van der Waals surface area contributed by atoms with Crippen LogP contribution in [0.3, 0.4) is 0 Å². The van der Waals surface area contributed by atoms with Gasteiger partial charge in [0.2, 0.25) is 0 Å². The van der Waals surface area contributed by atoms with E-state index in [0.717, 1.165) is 26.4 Å². The van der Waals surface area contributed by atoms with Gasteiger partial charge >= 0.3 is 5.97 Å². The number of carbonyl (C=O) groups excluding carboxylic acids is 1. The average molecular weight is 298 g/mol. The minimum atomic E-state index is -0.357. The number of carbonyl (C=O) groups is 1. The van der Waals surface area contributed by atoms with Gasteiger partial charge in [0.25, 0.3) is 0 Å². The summed E-state index contributed by atoms with van der Waals surface area (Å²) in [5.41, 5.74) is 2.92. The monoisotopic (exact) mass is 298 g/mol. The third kappa shape index (κ3) is 2.43. The molecule has 1 heterocycles. The van der Waals surface area contributed by atoms with Crippen LogP contribution in [-0.2, 0) is 4.74 Å². The number of ether oxygens (including phenoxy) is 1. The van der Waals surface area contributed by atoms with E-state index in [-0.39, 0.29) is 5.97 Å². The van der Waals surface area contributed by atoms with E-state index in [1.54, 1.807) is 19.1 Å². The van der Waals surface area contributed by atoms with E-state index < -0.39 is 0 Å². The number of aryl methyl sites for hydroxylation is 1. The molecule has 0 aliphatic heterocycles. The van der Waals surface area contributed by atoms with Gasteiger partial charge in [0.05, 0.1) is 16.7 Å². The third-order valence-electron chi connectivity index (χ3n) is 3.34. The van der Waals surface area contributed by atoms with E-state index in [2.05, 4.69) is 0 Å². The van der Waals surface area contributed by atoms with Crippen molar-refractivity contribution in [3.8, 4) is 0 Å². The molecule has 0 fully saturated rings. The standard InChI is InChI=1S/C17H14O3S/c1-3-19-17(18)11-5-6-12-15(9-11)20-14-7-4-10(2)8-13(14)16(12)21/h4-9H,3H2,1-2H3. The zero-order valence-corrected chi connectivity index (χ0v) is 12.6. The Morgan fingerprint density at radius 2 is 1.95 bits per heavy atom. The average Bonchev–Trinajstić information content (AvgIpc) is 2.48. The Hall–Kier alpha value is -2.20. The van der Waals surface area contributed by atoms with Gasteiger partial charge in [-0.05, 0) is 44.2 Å². The summed E-state index contributed by atoms with van der Waals surface area (Å²) in [6.07, 6.45) is 0. The van der Waals surface area contributed by atoms with Crippen molar-refractivity contribution in [1.29, 1.82) is 0 Å². The Kier molecular flexibility index (Phi) is 3.47. The van der Waals surface area contributed by atoms with Crippen LogP contribution in [0.2, 0.25) is 0 Å². The molecule has 0 amide bonds. The summed E-state index contributed by atoms with van der Waals surface area (Å²) in [4.78, 5) is 11.8. The fraction of sp³-hybridized carbons (Fsp3) is 0.176. The fourth-order valence-corrected chi connectivity index (χ4v) is 2.64. The number of benzene rings is 2. The van der Waals surface area contributed by atoms with Gasteiger partial charge in [-0.3, -0.25) is 0 Å².